The first-order valence-corrected chi connectivity index (χ1v) is 12.7. The first-order chi connectivity index (χ1) is 16.5. The van der Waals surface area contributed by atoms with Gasteiger partial charge in [0.2, 0.25) is 5.91 Å². The number of ether oxygens (including phenoxy) is 3. The van der Waals surface area contributed by atoms with E-state index in [4.69, 9.17) is 14.2 Å². The Balaban J connectivity index is 1.62. The van der Waals surface area contributed by atoms with Gasteiger partial charge in [0.1, 0.15) is 12.4 Å². The van der Waals surface area contributed by atoms with Gasteiger partial charge in [0.25, 0.3) is 0 Å². The highest BCUT2D eigenvalue weighted by Gasteiger charge is 2.12. The van der Waals surface area contributed by atoms with Gasteiger partial charge in [-0.1, -0.05) is 40.2 Å². The molecule has 3 aromatic carbocycles. The van der Waals surface area contributed by atoms with Crippen LogP contribution in [0.2, 0.25) is 0 Å². The fraction of sp³-hybridized carbons (Fsp3) is 0.231. The first-order valence-electron chi connectivity index (χ1n) is 10.9. The summed E-state index contributed by atoms with van der Waals surface area (Å²) in [4.78, 5) is 12.2. The second kappa shape index (κ2) is 13.3. The number of halogens is 2. The van der Waals surface area contributed by atoms with E-state index in [1.165, 1.54) is 0 Å². The van der Waals surface area contributed by atoms with Gasteiger partial charge in [-0.2, -0.15) is 5.10 Å². The van der Waals surface area contributed by atoms with E-state index in [-0.39, 0.29) is 12.3 Å². The van der Waals surface area contributed by atoms with Crippen LogP contribution in [0.25, 0.3) is 0 Å². The summed E-state index contributed by atoms with van der Waals surface area (Å²) < 4.78 is 19.2. The van der Waals surface area contributed by atoms with E-state index in [1.54, 1.807) is 6.21 Å². The standard InChI is InChI=1S/C26H26BrIN2O4/c1-3-32-22-11-7-18(8-12-22)15-25(31)30-29-16-20-13-23(28)26(24(14-20)33-4-2)34-17-19-5-9-21(27)10-6-19/h5-14,16H,3-4,15,17H2,1-2H3,(H,30,31)/b29-16+. The Bertz CT molecular complexity index is 1120. The molecule has 0 unspecified atom stereocenters. The number of hydrogen-bond acceptors (Lipinski definition) is 5. The highest BCUT2D eigenvalue weighted by atomic mass is 127. The van der Waals surface area contributed by atoms with Gasteiger partial charge >= 0.3 is 0 Å². The maximum Gasteiger partial charge on any atom is 0.244 e. The van der Waals surface area contributed by atoms with Gasteiger partial charge in [-0.25, -0.2) is 5.43 Å². The van der Waals surface area contributed by atoms with Crippen molar-refractivity contribution in [3.63, 3.8) is 0 Å². The van der Waals surface area contributed by atoms with E-state index in [0.717, 1.165) is 30.5 Å². The van der Waals surface area contributed by atoms with Gasteiger partial charge in [0.05, 0.1) is 29.4 Å². The number of amides is 1. The quantitative estimate of drug-likeness (QED) is 0.156. The molecule has 0 aliphatic heterocycles. The molecule has 0 aromatic heterocycles. The average Bonchev–Trinajstić information content (AvgIpc) is 2.81. The number of hydrazone groups is 1. The van der Waals surface area contributed by atoms with E-state index in [9.17, 15) is 4.79 Å². The SMILES string of the molecule is CCOc1ccc(CC(=O)N/N=C/c2cc(I)c(OCc3ccc(Br)cc3)c(OCC)c2)cc1. The maximum absolute atomic E-state index is 12.2. The third-order valence-electron chi connectivity index (χ3n) is 4.63. The zero-order chi connectivity index (χ0) is 24.3. The molecule has 0 fully saturated rings. The minimum Gasteiger partial charge on any atom is -0.494 e. The van der Waals surface area contributed by atoms with Crippen LogP contribution in [-0.2, 0) is 17.8 Å². The Morgan fingerprint density at radius 3 is 2.32 bits per heavy atom. The largest absolute Gasteiger partial charge is 0.494 e. The van der Waals surface area contributed by atoms with Crippen LogP contribution >= 0.6 is 38.5 Å². The molecule has 0 heterocycles. The molecule has 1 amide bonds. The van der Waals surface area contributed by atoms with Crippen LogP contribution in [0, 0.1) is 3.57 Å². The molecule has 0 spiro atoms. The molecule has 0 saturated heterocycles. The molecule has 0 saturated carbocycles. The summed E-state index contributed by atoms with van der Waals surface area (Å²) in [5.74, 6) is 1.90. The Kier molecular flexibility index (Phi) is 10.2. The van der Waals surface area contributed by atoms with Gasteiger partial charge in [-0.3, -0.25) is 4.79 Å². The lowest BCUT2D eigenvalue weighted by atomic mass is 10.1. The molecule has 0 radical (unpaired) electrons. The highest BCUT2D eigenvalue weighted by Crippen LogP contribution is 2.34. The monoisotopic (exact) mass is 636 g/mol. The summed E-state index contributed by atoms with van der Waals surface area (Å²) in [5.41, 5.74) is 5.32. The molecular weight excluding hydrogens is 611 g/mol. The summed E-state index contributed by atoms with van der Waals surface area (Å²) in [6, 6.07) is 19.2. The fourth-order valence-electron chi connectivity index (χ4n) is 3.08. The number of benzene rings is 3. The molecule has 0 bridgehead atoms. The zero-order valence-electron chi connectivity index (χ0n) is 19.0. The molecule has 3 aromatic rings. The normalized spacial score (nSPS) is 10.8. The van der Waals surface area contributed by atoms with E-state index in [1.807, 2.05) is 74.5 Å². The van der Waals surface area contributed by atoms with Gasteiger partial charge in [0.15, 0.2) is 11.5 Å². The van der Waals surface area contributed by atoms with Gasteiger partial charge in [0, 0.05) is 4.47 Å². The van der Waals surface area contributed by atoms with E-state index < -0.39 is 0 Å². The molecule has 178 valence electrons. The molecule has 0 aliphatic rings. The number of nitrogens with zero attached hydrogens (tertiary/aromatic N) is 1. The lowest BCUT2D eigenvalue weighted by Gasteiger charge is -2.15. The van der Waals surface area contributed by atoms with Crippen molar-refractivity contribution < 1.29 is 19.0 Å². The summed E-state index contributed by atoms with van der Waals surface area (Å²) in [7, 11) is 0. The summed E-state index contributed by atoms with van der Waals surface area (Å²) in [6.07, 6.45) is 1.83. The number of carbonyl (C=O) groups is 1. The van der Waals surface area contributed by atoms with Crippen LogP contribution in [0.3, 0.4) is 0 Å². The lowest BCUT2D eigenvalue weighted by molar-refractivity contribution is -0.120. The number of carbonyl (C=O) groups excluding carboxylic acids is 1. The molecule has 6 nitrogen and oxygen atoms in total. The number of nitrogens with one attached hydrogen (secondary N) is 1. The molecule has 3 rings (SSSR count). The lowest BCUT2D eigenvalue weighted by Crippen LogP contribution is -2.19. The van der Waals surface area contributed by atoms with Crippen LogP contribution in [0.5, 0.6) is 17.2 Å². The van der Waals surface area contributed by atoms with Crippen molar-refractivity contribution in [3.8, 4) is 17.2 Å². The summed E-state index contributed by atoms with van der Waals surface area (Å²) >= 11 is 5.66. The van der Waals surface area contributed by atoms with Crippen molar-refractivity contribution in [2.45, 2.75) is 26.9 Å². The van der Waals surface area contributed by atoms with Gasteiger partial charge < -0.3 is 14.2 Å². The van der Waals surface area contributed by atoms with Crippen molar-refractivity contribution in [2.24, 2.45) is 5.10 Å². The van der Waals surface area contributed by atoms with E-state index >= 15 is 0 Å². The van der Waals surface area contributed by atoms with Crippen molar-refractivity contribution in [1.82, 2.24) is 5.43 Å². The number of rotatable bonds is 11. The van der Waals surface area contributed by atoms with E-state index in [0.29, 0.717) is 31.3 Å². The molecule has 0 atom stereocenters. The molecule has 1 N–H and O–H groups in total. The van der Waals surface area contributed by atoms with Crippen LogP contribution < -0.4 is 19.6 Å². The van der Waals surface area contributed by atoms with Crippen molar-refractivity contribution in [2.75, 3.05) is 13.2 Å². The Morgan fingerprint density at radius 2 is 1.65 bits per heavy atom. The Hall–Kier alpha value is -2.59. The second-order valence-corrected chi connectivity index (χ2v) is 9.30. The second-order valence-electron chi connectivity index (χ2n) is 7.23. The Labute approximate surface area is 222 Å². The zero-order valence-corrected chi connectivity index (χ0v) is 22.8. The molecule has 8 heteroatoms. The van der Waals surface area contributed by atoms with Crippen molar-refractivity contribution in [1.29, 1.82) is 0 Å². The predicted molar refractivity (Wildman–Crippen MR) is 146 cm³/mol. The summed E-state index contributed by atoms with van der Waals surface area (Å²) in [5, 5.41) is 4.11. The minimum atomic E-state index is -0.199. The third-order valence-corrected chi connectivity index (χ3v) is 5.96. The van der Waals surface area contributed by atoms with Gasteiger partial charge in [-0.05, 0) is 89.5 Å². The molecule has 34 heavy (non-hydrogen) atoms. The van der Waals surface area contributed by atoms with Crippen LogP contribution in [-0.4, -0.2) is 25.3 Å². The fourth-order valence-corrected chi connectivity index (χ4v) is 4.12. The van der Waals surface area contributed by atoms with Crippen LogP contribution in [0.15, 0.2) is 70.2 Å². The maximum atomic E-state index is 12.2. The predicted octanol–water partition coefficient (Wildman–Crippen LogP) is 6.12. The highest BCUT2D eigenvalue weighted by molar-refractivity contribution is 14.1. The van der Waals surface area contributed by atoms with Crippen LogP contribution in [0.4, 0.5) is 0 Å². The number of hydrogen-bond donors (Lipinski definition) is 1. The summed E-state index contributed by atoms with van der Waals surface area (Å²) in [6.45, 7) is 5.40. The van der Waals surface area contributed by atoms with Crippen molar-refractivity contribution in [3.05, 3.63) is 85.4 Å². The molecule has 0 aliphatic carbocycles. The van der Waals surface area contributed by atoms with Crippen LogP contribution in [0.1, 0.15) is 30.5 Å². The Morgan fingerprint density at radius 1 is 0.971 bits per heavy atom. The third kappa shape index (κ3) is 8.02. The smallest absolute Gasteiger partial charge is 0.244 e. The first kappa shape index (κ1) is 26.0. The molecular formula is C26H26BrIN2O4. The van der Waals surface area contributed by atoms with Crippen molar-refractivity contribution >= 4 is 50.6 Å². The minimum absolute atomic E-state index is 0.199. The van der Waals surface area contributed by atoms with Gasteiger partial charge in [-0.15, -0.1) is 0 Å². The average molecular weight is 637 g/mol. The van der Waals surface area contributed by atoms with E-state index in [2.05, 4.69) is 49.0 Å². The topological polar surface area (TPSA) is 69.2 Å².